The molecule has 0 bridgehead atoms. The van der Waals surface area contributed by atoms with Gasteiger partial charge in [0.25, 0.3) is 5.02 Å². The van der Waals surface area contributed by atoms with Crippen molar-refractivity contribution in [2.24, 2.45) is 0 Å². The Morgan fingerprint density at radius 1 is 1.64 bits per heavy atom. The number of carbonyl (C=O) groups excluding carboxylic acids is 1. The van der Waals surface area contributed by atoms with Gasteiger partial charge in [-0.2, -0.15) is 11.3 Å². The van der Waals surface area contributed by atoms with E-state index in [2.05, 4.69) is 4.74 Å². The third-order valence-electron chi connectivity index (χ3n) is 0.953. The number of alkyl halides is 2. The van der Waals surface area contributed by atoms with Crippen LogP contribution in [0.1, 0.15) is 10.4 Å². The maximum absolute atomic E-state index is 10.9. The summed E-state index contributed by atoms with van der Waals surface area (Å²) in [6.07, 6.45) is 0. The molecule has 0 saturated heterocycles. The van der Waals surface area contributed by atoms with Crippen LogP contribution < -0.4 is 0 Å². The highest BCUT2D eigenvalue weighted by atomic mass is 35.5. The van der Waals surface area contributed by atoms with Crippen molar-refractivity contribution in [3.8, 4) is 0 Å². The lowest BCUT2D eigenvalue weighted by molar-refractivity contribution is 0.0536. The number of hydrogen-bond donors (Lipinski definition) is 0. The predicted octanol–water partition coefficient (Wildman–Crippen LogP) is 2.67. The summed E-state index contributed by atoms with van der Waals surface area (Å²) in [5.74, 6) is -0.499. The van der Waals surface area contributed by atoms with E-state index in [9.17, 15) is 4.79 Å². The molecular weight excluding hydrogens is 207 g/mol. The minimum Gasteiger partial charge on any atom is -0.428 e. The molecule has 1 rings (SSSR count). The zero-order chi connectivity index (χ0) is 8.27. The first-order chi connectivity index (χ1) is 5.20. The molecule has 0 aliphatic heterocycles. The van der Waals surface area contributed by atoms with E-state index in [1.807, 2.05) is 0 Å². The zero-order valence-corrected chi connectivity index (χ0v) is 7.62. The van der Waals surface area contributed by atoms with Gasteiger partial charge in [-0.3, -0.25) is 0 Å². The molecule has 1 heterocycles. The number of ether oxygens (including phenoxy) is 1. The number of carbonyl (C=O) groups is 1. The Balaban J connectivity index is 2.57. The number of esters is 1. The average Bonchev–Trinajstić information content (AvgIpc) is 2.35. The highest BCUT2D eigenvalue weighted by Crippen LogP contribution is 2.11. The summed E-state index contributed by atoms with van der Waals surface area (Å²) in [7, 11) is 0. The van der Waals surface area contributed by atoms with Crippen molar-refractivity contribution in [3.05, 3.63) is 22.4 Å². The van der Waals surface area contributed by atoms with Gasteiger partial charge >= 0.3 is 5.97 Å². The molecule has 1 aromatic heterocycles. The molecule has 0 aromatic carbocycles. The summed E-state index contributed by atoms with van der Waals surface area (Å²) < 4.78 is 4.49. The molecule has 0 amide bonds. The Kier molecular flexibility index (Phi) is 3.17. The molecule has 0 N–H and O–H groups in total. The SMILES string of the molecule is O=C(OC(Cl)Cl)c1ccsc1. The van der Waals surface area contributed by atoms with Crippen molar-refractivity contribution in [3.63, 3.8) is 0 Å². The zero-order valence-electron chi connectivity index (χ0n) is 5.29. The minimum absolute atomic E-state index is 0.473. The molecule has 0 fully saturated rings. The second kappa shape index (κ2) is 3.95. The molecule has 0 unspecified atom stereocenters. The molecule has 60 valence electrons. The van der Waals surface area contributed by atoms with Crippen molar-refractivity contribution in [1.29, 1.82) is 0 Å². The van der Waals surface area contributed by atoms with Crippen LogP contribution >= 0.6 is 34.5 Å². The quantitative estimate of drug-likeness (QED) is 0.555. The van der Waals surface area contributed by atoms with E-state index in [0.29, 0.717) is 5.56 Å². The summed E-state index contributed by atoms with van der Waals surface area (Å²) in [5, 5.41) is 2.34. The van der Waals surface area contributed by atoms with E-state index in [4.69, 9.17) is 23.2 Å². The van der Waals surface area contributed by atoms with Crippen LogP contribution in [-0.4, -0.2) is 11.0 Å². The Morgan fingerprint density at radius 2 is 2.36 bits per heavy atom. The van der Waals surface area contributed by atoms with Gasteiger partial charge in [-0.25, -0.2) is 4.79 Å². The van der Waals surface area contributed by atoms with Gasteiger partial charge in [0, 0.05) is 5.38 Å². The van der Waals surface area contributed by atoms with E-state index in [1.54, 1.807) is 16.8 Å². The first kappa shape index (κ1) is 8.84. The van der Waals surface area contributed by atoms with Crippen molar-refractivity contribution < 1.29 is 9.53 Å². The Labute approximate surface area is 77.7 Å². The molecule has 0 spiro atoms. The van der Waals surface area contributed by atoms with Crippen LogP contribution in [0.15, 0.2) is 16.8 Å². The third kappa shape index (κ3) is 2.69. The fourth-order valence-electron chi connectivity index (χ4n) is 0.530. The lowest BCUT2D eigenvalue weighted by Gasteiger charge is -2.01. The minimum atomic E-state index is -1.10. The van der Waals surface area contributed by atoms with Crippen LogP contribution in [0.3, 0.4) is 0 Å². The Morgan fingerprint density at radius 3 is 2.82 bits per heavy atom. The third-order valence-corrected chi connectivity index (χ3v) is 1.81. The predicted molar refractivity (Wildman–Crippen MR) is 45.2 cm³/mol. The van der Waals surface area contributed by atoms with E-state index >= 15 is 0 Å². The van der Waals surface area contributed by atoms with E-state index in [1.165, 1.54) is 11.3 Å². The molecule has 5 heteroatoms. The molecule has 0 aliphatic rings. The second-order valence-corrected chi connectivity index (χ2v) is 3.47. The number of rotatable bonds is 2. The number of halogens is 2. The van der Waals surface area contributed by atoms with E-state index in [0.717, 1.165) is 0 Å². The molecule has 0 atom stereocenters. The monoisotopic (exact) mass is 210 g/mol. The molecule has 0 aliphatic carbocycles. The maximum atomic E-state index is 10.9. The molecule has 0 saturated carbocycles. The summed E-state index contributed by atoms with van der Waals surface area (Å²) >= 11 is 11.8. The van der Waals surface area contributed by atoms with Crippen LogP contribution in [0.25, 0.3) is 0 Å². The lowest BCUT2D eigenvalue weighted by Crippen LogP contribution is -2.06. The summed E-state index contributed by atoms with van der Waals surface area (Å²) in [4.78, 5) is 10.9. The number of thiophene rings is 1. The van der Waals surface area contributed by atoms with Crippen LogP contribution in [0, 0.1) is 0 Å². The highest BCUT2D eigenvalue weighted by Gasteiger charge is 2.10. The maximum Gasteiger partial charge on any atom is 0.341 e. The smallest absolute Gasteiger partial charge is 0.341 e. The van der Waals surface area contributed by atoms with Crippen molar-refractivity contribution >= 4 is 40.5 Å². The van der Waals surface area contributed by atoms with Gasteiger partial charge in [0.1, 0.15) is 0 Å². The van der Waals surface area contributed by atoms with Gasteiger partial charge in [-0.05, 0) is 11.4 Å². The van der Waals surface area contributed by atoms with Crippen molar-refractivity contribution in [1.82, 2.24) is 0 Å². The van der Waals surface area contributed by atoms with E-state index < -0.39 is 11.0 Å². The largest absolute Gasteiger partial charge is 0.428 e. The standard InChI is InChI=1S/C6H4Cl2O2S/c7-6(8)10-5(9)4-1-2-11-3-4/h1-3,6H. The summed E-state index contributed by atoms with van der Waals surface area (Å²) in [5.41, 5.74) is 0.473. The first-order valence-corrected chi connectivity index (χ1v) is 4.53. The van der Waals surface area contributed by atoms with E-state index in [-0.39, 0.29) is 0 Å². The van der Waals surface area contributed by atoms with Gasteiger partial charge in [0.05, 0.1) is 5.56 Å². The summed E-state index contributed by atoms with van der Waals surface area (Å²) in [6, 6.07) is 1.64. The molecular formula is C6H4Cl2O2S. The van der Waals surface area contributed by atoms with Crippen LogP contribution in [0.2, 0.25) is 0 Å². The van der Waals surface area contributed by atoms with Gasteiger partial charge < -0.3 is 4.74 Å². The normalized spacial score (nSPS) is 10.1. The fraction of sp³-hybridized carbons (Fsp3) is 0.167. The van der Waals surface area contributed by atoms with Crippen LogP contribution in [0.5, 0.6) is 0 Å². The first-order valence-electron chi connectivity index (χ1n) is 2.71. The topological polar surface area (TPSA) is 26.3 Å². The Hall–Kier alpha value is -0.250. The Bertz CT molecular complexity index is 233. The van der Waals surface area contributed by atoms with Crippen molar-refractivity contribution in [2.75, 3.05) is 0 Å². The van der Waals surface area contributed by atoms with Gasteiger partial charge in [0.15, 0.2) is 0 Å². The highest BCUT2D eigenvalue weighted by molar-refractivity contribution is 7.08. The lowest BCUT2D eigenvalue weighted by atomic mass is 10.4. The molecule has 0 radical (unpaired) electrons. The molecule has 11 heavy (non-hydrogen) atoms. The molecule has 2 nitrogen and oxygen atoms in total. The van der Waals surface area contributed by atoms with Gasteiger partial charge in [0.2, 0.25) is 0 Å². The molecule has 1 aromatic rings. The fourth-order valence-corrected chi connectivity index (χ4v) is 1.32. The summed E-state index contributed by atoms with van der Waals surface area (Å²) in [6.45, 7) is 0. The van der Waals surface area contributed by atoms with Gasteiger partial charge in [-0.1, -0.05) is 23.2 Å². The van der Waals surface area contributed by atoms with Gasteiger partial charge in [-0.15, -0.1) is 0 Å². The van der Waals surface area contributed by atoms with Crippen LogP contribution in [0.4, 0.5) is 0 Å². The average molecular weight is 211 g/mol. The second-order valence-electron chi connectivity index (χ2n) is 1.68. The number of hydrogen-bond acceptors (Lipinski definition) is 3. The van der Waals surface area contributed by atoms with Crippen molar-refractivity contribution in [2.45, 2.75) is 5.02 Å². The van der Waals surface area contributed by atoms with Crippen LogP contribution in [-0.2, 0) is 4.74 Å².